The van der Waals surface area contributed by atoms with Crippen molar-refractivity contribution in [3.05, 3.63) is 71.8 Å². The molecule has 148 valence electrons. The molecule has 2 aliphatic heterocycles. The molecular weight excluding hydrogens is 350 g/mol. The zero-order valence-corrected chi connectivity index (χ0v) is 16.3. The van der Waals surface area contributed by atoms with Gasteiger partial charge in [0.2, 0.25) is 0 Å². The van der Waals surface area contributed by atoms with E-state index < -0.39 is 0 Å². The van der Waals surface area contributed by atoms with Crippen LogP contribution in [0.2, 0.25) is 0 Å². The van der Waals surface area contributed by atoms with Crippen LogP contribution in [0.15, 0.2) is 60.7 Å². The third-order valence-electron chi connectivity index (χ3n) is 5.77. The van der Waals surface area contributed by atoms with Crippen LogP contribution in [0, 0.1) is 0 Å². The summed E-state index contributed by atoms with van der Waals surface area (Å²) in [5.41, 5.74) is 2.46. The van der Waals surface area contributed by atoms with Gasteiger partial charge in [0.25, 0.3) is 0 Å². The molecule has 0 bridgehead atoms. The summed E-state index contributed by atoms with van der Waals surface area (Å²) in [5, 5.41) is 3.04. The van der Waals surface area contributed by atoms with Gasteiger partial charge in [-0.25, -0.2) is 4.79 Å². The smallest absolute Gasteiger partial charge is 0.317 e. The van der Waals surface area contributed by atoms with Crippen LogP contribution in [0.1, 0.15) is 24.0 Å². The first-order valence-corrected chi connectivity index (χ1v) is 10.2. The number of hydrogen-bond donors (Lipinski definition) is 1. The third-order valence-corrected chi connectivity index (χ3v) is 5.77. The molecule has 4 rings (SSSR count). The van der Waals surface area contributed by atoms with E-state index in [4.69, 9.17) is 4.74 Å². The molecule has 2 aromatic rings. The molecule has 2 aliphatic rings. The van der Waals surface area contributed by atoms with Gasteiger partial charge in [0, 0.05) is 51.5 Å². The van der Waals surface area contributed by atoms with Gasteiger partial charge < -0.3 is 15.0 Å². The minimum atomic E-state index is 0.0340. The van der Waals surface area contributed by atoms with Crippen molar-refractivity contribution < 1.29 is 9.53 Å². The largest absolute Gasteiger partial charge is 0.381 e. The molecule has 0 atom stereocenters. The summed E-state index contributed by atoms with van der Waals surface area (Å²) in [6.45, 7) is 4.79. The van der Waals surface area contributed by atoms with Gasteiger partial charge in [0.15, 0.2) is 0 Å². The van der Waals surface area contributed by atoms with Crippen molar-refractivity contribution in [1.29, 1.82) is 0 Å². The molecule has 5 nitrogen and oxygen atoms in total. The molecule has 0 unspecified atom stereocenters. The number of nitrogens with one attached hydrogen (secondary N) is 1. The predicted octanol–water partition coefficient (Wildman–Crippen LogP) is 3.26. The van der Waals surface area contributed by atoms with Crippen molar-refractivity contribution in [3.63, 3.8) is 0 Å². The van der Waals surface area contributed by atoms with E-state index in [-0.39, 0.29) is 6.03 Å². The summed E-state index contributed by atoms with van der Waals surface area (Å²) in [6.07, 6.45) is 2.15. The first-order chi connectivity index (χ1) is 13.8. The summed E-state index contributed by atoms with van der Waals surface area (Å²) in [4.78, 5) is 17.0. The average molecular weight is 380 g/mol. The molecule has 5 heteroatoms. The molecule has 2 fully saturated rings. The number of ether oxygens (including phenoxy) is 1. The van der Waals surface area contributed by atoms with Gasteiger partial charge in [0.05, 0.1) is 0 Å². The maximum Gasteiger partial charge on any atom is 0.317 e. The lowest BCUT2D eigenvalue weighted by molar-refractivity contribution is -0.0237. The maximum atomic E-state index is 12.5. The van der Waals surface area contributed by atoms with Crippen LogP contribution in [0.25, 0.3) is 0 Å². The zero-order chi connectivity index (χ0) is 19.2. The van der Waals surface area contributed by atoms with Gasteiger partial charge in [-0.1, -0.05) is 60.7 Å². The lowest BCUT2D eigenvalue weighted by Gasteiger charge is -2.49. The van der Waals surface area contributed by atoms with Crippen LogP contribution < -0.4 is 5.32 Å². The molecule has 0 saturated carbocycles. The van der Waals surface area contributed by atoms with Gasteiger partial charge in [-0.2, -0.15) is 0 Å². The normalized spacial score (nSPS) is 18.1. The molecule has 2 aromatic carbocycles. The fourth-order valence-corrected chi connectivity index (χ4v) is 4.08. The number of amides is 2. The Morgan fingerprint density at radius 2 is 1.54 bits per heavy atom. The van der Waals surface area contributed by atoms with Crippen molar-refractivity contribution in [1.82, 2.24) is 15.1 Å². The Bertz CT molecular complexity index is 741. The van der Waals surface area contributed by atoms with Gasteiger partial charge >= 0.3 is 6.03 Å². The highest BCUT2D eigenvalue weighted by Crippen LogP contribution is 2.25. The first kappa shape index (κ1) is 19.0. The van der Waals surface area contributed by atoms with Crippen LogP contribution in [-0.2, 0) is 17.8 Å². The topological polar surface area (TPSA) is 44.8 Å². The van der Waals surface area contributed by atoms with E-state index in [9.17, 15) is 4.79 Å². The highest BCUT2D eigenvalue weighted by atomic mass is 16.5. The number of likely N-dealkylation sites (tertiary alicyclic amines) is 1. The number of urea groups is 1. The number of hydrogen-bond acceptors (Lipinski definition) is 3. The second-order valence-electron chi connectivity index (χ2n) is 7.70. The quantitative estimate of drug-likeness (QED) is 0.838. The van der Waals surface area contributed by atoms with Crippen molar-refractivity contribution in [2.24, 2.45) is 0 Å². The molecule has 0 aromatic heterocycles. The van der Waals surface area contributed by atoms with E-state index in [1.165, 1.54) is 5.56 Å². The zero-order valence-electron chi connectivity index (χ0n) is 16.3. The average Bonchev–Trinajstić information content (AvgIpc) is 2.72. The molecule has 2 saturated heterocycles. The highest BCUT2D eigenvalue weighted by Gasteiger charge is 2.38. The highest BCUT2D eigenvalue weighted by molar-refractivity contribution is 5.75. The number of nitrogens with zero attached hydrogens (tertiary/aromatic N) is 2. The van der Waals surface area contributed by atoms with E-state index in [2.05, 4.69) is 40.5 Å². The number of benzene rings is 2. The van der Waals surface area contributed by atoms with Crippen LogP contribution >= 0.6 is 0 Å². The van der Waals surface area contributed by atoms with Crippen molar-refractivity contribution >= 4 is 6.03 Å². The Labute approximate surface area is 167 Å². The van der Waals surface area contributed by atoms with Crippen molar-refractivity contribution in [3.8, 4) is 0 Å². The Morgan fingerprint density at radius 3 is 2.18 bits per heavy atom. The van der Waals surface area contributed by atoms with Crippen molar-refractivity contribution in [2.45, 2.75) is 38.0 Å². The molecule has 28 heavy (non-hydrogen) atoms. The number of carbonyl (C=O) groups excluding carboxylic acids is 1. The van der Waals surface area contributed by atoms with Crippen molar-refractivity contribution in [2.75, 3.05) is 26.3 Å². The molecule has 0 radical (unpaired) electrons. The van der Waals surface area contributed by atoms with E-state index in [0.717, 1.165) is 51.3 Å². The maximum absolute atomic E-state index is 12.5. The first-order valence-electron chi connectivity index (χ1n) is 10.2. The van der Waals surface area contributed by atoms with Gasteiger partial charge in [-0.15, -0.1) is 0 Å². The lowest BCUT2D eigenvalue weighted by atomic mass is 9.99. The standard InChI is InChI=1S/C23H29N3O2/c27-23(24-15-19-7-3-1-4-8-19)25-17-22(18-25)26(21-11-13-28-14-12-21)16-20-9-5-2-6-10-20/h1-10,21-22H,11-18H2,(H,24,27). The number of rotatable bonds is 6. The molecule has 2 amide bonds. The van der Waals surface area contributed by atoms with Gasteiger partial charge in [0.1, 0.15) is 0 Å². The molecular formula is C23H29N3O2. The minimum Gasteiger partial charge on any atom is -0.381 e. The monoisotopic (exact) mass is 379 g/mol. The Hall–Kier alpha value is -2.37. The van der Waals surface area contributed by atoms with Crippen LogP contribution in [0.3, 0.4) is 0 Å². The fourth-order valence-electron chi connectivity index (χ4n) is 4.08. The molecule has 2 heterocycles. The number of carbonyl (C=O) groups is 1. The Morgan fingerprint density at radius 1 is 0.929 bits per heavy atom. The summed E-state index contributed by atoms with van der Waals surface area (Å²) in [7, 11) is 0. The van der Waals surface area contributed by atoms with E-state index >= 15 is 0 Å². The van der Waals surface area contributed by atoms with Crippen LogP contribution in [0.5, 0.6) is 0 Å². The van der Waals surface area contributed by atoms with Gasteiger partial charge in [-0.3, -0.25) is 4.90 Å². The van der Waals surface area contributed by atoms with E-state index in [1.807, 2.05) is 35.2 Å². The predicted molar refractivity (Wildman–Crippen MR) is 110 cm³/mol. The summed E-state index contributed by atoms with van der Waals surface area (Å²) >= 11 is 0. The van der Waals surface area contributed by atoms with Crippen LogP contribution in [-0.4, -0.2) is 54.2 Å². The van der Waals surface area contributed by atoms with Gasteiger partial charge in [-0.05, 0) is 24.0 Å². The SMILES string of the molecule is O=C(NCc1ccccc1)N1CC(N(Cc2ccccc2)C2CCOCC2)C1. The summed E-state index contributed by atoms with van der Waals surface area (Å²) < 4.78 is 5.56. The van der Waals surface area contributed by atoms with Crippen LogP contribution in [0.4, 0.5) is 4.79 Å². The minimum absolute atomic E-state index is 0.0340. The lowest BCUT2D eigenvalue weighted by Crippen LogP contribution is -2.64. The molecule has 0 spiro atoms. The Kier molecular flexibility index (Phi) is 6.24. The molecule has 1 N–H and O–H groups in total. The fraction of sp³-hybridized carbons (Fsp3) is 0.435. The third kappa shape index (κ3) is 4.72. The molecule has 0 aliphatic carbocycles. The van der Waals surface area contributed by atoms with E-state index in [1.54, 1.807) is 0 Å². The second-order valence-corrected chi connectivity index (χ2v) is 7.70. The Balaban J connectivity index is 1.32. The summed E-state index contributed by atoms with van der Waals surface area (Å²) in [6, 6.07) is 21.7. The second kappa shape index (κ2) is 9.22. The van der Waals surface area contributed by atoms with E-state index in [0.29, 0.717) is 18.6 Å². The summed E-state index contributed by atoms with van der Waals surface area (Å²) in [5.74, 6) is 0.